The normalized spacial score (nSPS) is 19.3. The summed E-state index contributed by atoms with van der Waals surface area (Å²) in [5.74, 6) is -0.998. The minimum atomic E-state index is -1.00. The first-order chi connectivity index (χ1) is 13.7. The molecule has 0 aromatic heterocycles. The number of amides is 1. The minimum absolute atomic E-state index is 0.0969. The van der Waals surface area contributed by atoms with E-state index in [9.17, 15) is 19.5 Å². The maximum atomic E-state index is 12.7. The first-order valence-electron chi connectivity index (χ1n) is 9.86. The molecule has 1 aromatic rings. The Morgan fingerprint density at radius 2 is 1.83 bits per heavy atom. The van der Waals surface area contributed by atoms with Crippen LogP contribution in [0, 0.1) is 11.3 Å². The van der Waals surface area contributed by atoms with Gasteiger partial charge in [0.25, 0.3) is 0 Å². The number of aliphatic carboxylic acids is 1. The van der Waals surface area contributed by atoms with Gasteiger partial charge in [-0.25, -0.2) is 0 Å². The highest BCUT2D eigenvalue weighted by Gasteiger charge is 2.54. The fourth-order valence-electron chi connectivity index (χ4n) is 4.53. The fourth-order valence-corrected chi connectivity index (χ4v) is 5.08. The van der Waals surface area contributed by atoms with Crippen LogP contribution in [0.3, 0.4) is 0 Å². The second kappa shape index (κ2) is 9.02. The Hall–Kier alpha value is -1.63. The molecular formula is C21H26Cl2N2O4. The summed E-state index contributed by atoms with van der Waals surface area (Å²) in [5.41, 5.74) is 0.799. The second-order valence-electron chi connectivity index (χ2n) is 8.48. The SMILES string of the molecule is CC(=O)CCCN1CC2(CC(C(=O)NC(CC(=O)O)c3cc(Cl)cc(Cl)c3)C2)C1. The molecule has 8 heteroatoms. The predicted octanol–water partition coefficient (Wildman–Crippen LogP) is 3.71. The third kappa shape index (κ3) is 5.71. The average molecular weight is 441 g/mol. The van der Waals surface area contributed by atoms with E-state index in [-0.39, 0.29) is 29.4 Å². The van der Waals surface area contributed by atoms with Crippen molar-refractivity contribution in [3.63, 3.8) is 0 Å². The Balaban J connectivity index is 1.50. The summed E-state index contributed by atoms with van der Waals surface area (Å²) in [6, 6.07) is 4.17. The molecule has 1 saturated carbocycles. The third-order valence-electron chi connectivity index (χ3n) is 5.83. The molecule has 1 atom stereocenters. The molecule has 29 heavy (non-hydrogen) atoms. The number of hydrogen-bond acceptors (Lipinski definition) is 4. The number of benzene rings is 1. The molecule has 1 unspecified atom stereocenters. The van der Waals surface area contributed by atoms with E-state index in [4.69, 9.17) is 23.2 Å². The Morgan fingerprint density at radius 3 is 2.38 bits per heavy atom. The van der Waals surface area contributed by atoms with Gasteiger partial charge < -0.3 is 20.1 Å². The van der Waals surface area contributed by atoms with E-state index in [2.05, 4.69) is 10.2 Å². The average Bonchev–Trinajstić information content (AvgIpc) is 2.52. The van der Waals surface area contributed by atoms with E-state index >= 15 is 0 Å². The number of nitrogens with one attached hydrogen (secondary N) is 1. The van der Waals surface area contributed by atoms with Gasteiger partial charge in [0.2, 0.25) is 5.91 Å². The Morgan fingerprint density at radius 1 is 1.21 bits per heavy atom. The van der Waals surface area contributed by atoms with Gasteiger partial charge in [0, 0.05) is 35.5 Å². The largest absolute Gasteiger partial charge is 0.481 e. The first-order valence-corrected chi connectivity index (χ1v) is 10.6. The van der Waals surface area contributed by atoms with Gasteiger partial charge in [-0.15, -0.1) is 0 Å². The molecule has 0 bridgehead atoms. The maximum absolute atomic E-state index is 12.7. The lowest BCUT2D eigenvalue weighted by Gasteiger charge is -2.59. The van der Waals surface area contributed by atoms with Crippen LogP contribution in [0.2, 0.25) is 10.0 Å². The molecule has 2 aliphatic rings. The molecule has 1 heterocycles. The van der Waals surface area contributed by atoms with E-state index in [1.165, 1.54) is 0 Å². The number of carboxylic acids is 1. The van der Waals surface area contributed by atoms with Crippen molar-refractivity contribution in [3.8, 4) is 0 Å². The molecule has 2 N–H and O–H groups in total. The van der Waals surface area contributed by atoms with Crippen molar-refractivity contribution < 1.29 is 19.5 Å². The molecule has 2 fully saturated rings. The predicted molar refractivity (Wildman–Crippen MR) is 111 cm³/mol. The van der Waals surface area contributed by atoms with Crippen LogP contribution in [0.1, 0.15) is 50.6 Å². The number of hydrogen-bond donors (Lipinski definition) is 2. The van der Waals surface area contributed by atoms with Crippen LogP contribution in [0.15, 0.2) is 18.2 Å². The summed E-state index contributed by atoms with van der Waals surface area (Å²) in [5, 5.41) is 12.9. The smallest absolute Gasteiger partial charge is 0.305 e. The number of likely N-dealkylation sites (tertiary alicyclic amines) is 1. The van der Waals surface area contributed by atoms with Gasteiger partial charge >= 0.3 is 5.97 Å². The monoisotopic (exact) mass is 440 g/mol. The number of carbonyl (C=O) groups is 3. The second-order valence-corrected chi connectivity index (χ2v) is 9.36. The molecule has 158 valence electrons. The van der Waals surface area contributed by atoms with Crippen LogP contribution in [0.4, 0.5) is 0 Å². The van der Waals surface area contributed by atoms with Crippen LogP contribution in [0.5, 0.6) is 0 Å². The van der Waals surface area contributed by atoms with Crippen molar-refractivity contribution in [2.75, 3.05) is 19.6 Å². The van der Waals surface area contributed by atoms with Gasteiger partial charge in [-0.1, -0.05) is 23.2 Å². The lowest BCUT2D eigenvalue weighted by molar-refractivity contribution is -0.146. The zero-order valence-corrected chi connectivity index (χ0v) is 17.9. The van der Waals surface area contributed by atoms with E-state index in [0.29, 0.717) is 22.0 Å². The quantitative estimate of drug-likeness (QED) is 0.610. The van der Waals surface area contributed by atoms with Gasteiger partial charge in [-0.3, -0.25) is 9.59 Å². The van der Waals surface area contributed by atoms with Crippen LogP contribution >= 0.6 is 23.2 Å². The lowest BCUT2D eigenvalue weighted by Crippen LogP contribution is -2.64. The number of carbonyl (C=O) groups excluding carboxylic acids is 2. The summed E-state index contributed by atoms with van der Waals surface area (Å²) >= 11 is 12.1. The molecule has 1 amide bonds. The van der Waals surface area contributed by atoms with E-state index in [0.717, 1.165) is 38.9 Å². The molecule has 3 rings (SSSR count). The minimum Gasteiger partial charge on any atom is -0.481 e. The summed E-state index contributed by atoms with van der Waals surface area (Å²) in [4.78, 5) is 37.3. The molecule has 6 nitrogen and oxygen atoms in total. The zero-order chi connectivity index (χ0) is 21.2. The lowest BCUT2D eigenvalue weighted by atomic mass is 9.57. The summed E-state index contributed by atoms with van der Waals surface area (Å²) in [7, 11) is 0. The number of nitrogens with zero attached hydrogens (tertiary/aromatic N) is 1. The van der Waals surface area contributed by atoms with Gasteiger partial charge in [-0.05, 0) is 61.9 Å². The zero-order valence-electron chi connectivity index (χ0n) is 16.4. The summed E-state index contributed by atoms with van der Waals surface area (Å²) in [6.45, 7) is 4.48. The molecular weight excluding hydrogens is 415 g/mol. The van der Waals surface area contributed by atoms with Gasteiger partial charge in [-0.2, -0.15) is 0 Å². The molecule has 0 radical (unpaired) electrons. The van der Waals surface area contributed by atoms with Gasteiger partial charge in [0.15, 0.2) is 0 Å². The van der Waals surface area contributed by atoms with E-state index < -0.39 is 12.0 Å². The van der Waals surface area contributed by atoms with Crippen molar-refractivity contribution >= 4 is 40.9 Å². The van der Waals surface area contributed by atoms with Crippen molar-refractivity contribution in [1.29, 1.82) is 0 Å². The number of rotatable bonds is 9. The topological polar surface area (TPSA) is 86.7 Å². The molecule has 1 saturated heterocycles. The van der Waals surface area contributed by atoms with E-state index in [1.807, 2.05) is 0 Å². The van der Waals surface area contributed by atoms with Crippen LogP contribution < -0.4 is 5.32 Å². The van der Waals surface area contributed by atoms with Gasteiger partial charge in [0.1, 0.15) is 5.78 Å². The molecule has 1 aliphatic heterocycles. The van der Waals surface area contributed by atoms with Crippen LogP contribution in [-0.2, 0) is 14.4 Å². The number of carboxylic acid groups (broad SMARTS) is 1. The van der Waals surface area contributed by atoms with Crippen molar-refractivity contribution in [1.82, 2.24) is 10.2 Å². The fraction of sp³-hybridized carbons (Fsp3) is 0.571. The van der Waals surface area contributed by atoms with Crippen molar-refractivity contribution in [2.45, 2.75) is 45.1 Å². The Bertz CT molecular complexity index is 780. The standard InChI is InChI=1S/C21H26Cl2N2O4/c1-13(26)3-2-4-25-11-21(12-25)9-15(10-21)20(29)24-18(8-19(27)28)14-5-16(22)7-17(23)6-14/h5-7,15,18H,2-4,8-12H2,1H3,(H,24,29)(H,27,28). The highest BCUT2D eigenvalue weighted by molar-refractivity contribution is 6.34. The van der Waals surface area contributed by atoms with Crippen molar-refractivity contribution in [2.24, 2.45) is 11.3 Å². The van der Waals surface area contributed by atoms with E-state index in [1.54, 1.807) is 25.1 Å². The van der Waals surface area contributed by atoms with Crippen molar-refractivity contribution in [3.05, 3.63) is 33.8 Å². The van der Waals surface area contributed by atoms with Crippen LogP contribution in [0.25, 0.3) is 0 Å². The molecule has 1 spiro atoms. The maximum Gasteiger partial charge on any atom is 0.305 e. The highest BCUT2D eigenvalue weighted by atomic mass is 35.5. The summed E-state index contributed by atoms with van der Waals surface area (Å²) < 4.78 is 0. The number of halogens is 2. The first kappa shape index (κ1) is 22.1. The van der Waals surface area contributed by atoms with Gasteiger partial charge in [0.05, 0.1) is 12.5 Å². The third-order valence-corrected chi connectivity index (χ3v) is 6.27. The Labute approximate surface area is 180 Å². The molecule has 1 aromatic carbocycles. The number of ketones is 1. The highest BCUT2D eigenvalue weighted by Crippen LogP contribution is 2.52. The summed E-state index contributed by atoms with van der Waals surface area (Å²) in [6.07, 6.45) is 2.90. The Kier molecular flexibility index (Phi) is 6.87. The molecule has 1 aliphatic carbocycles. The van der Waals surface area contributed by atoms with Crippen LogP contribution in [-0.4, -0.2) is 47.3 Å². The number of Topliss-reactive ketones (excluding diaryl/α,β-unsaturated/α-hetero) is 1.